The molecule has 1 heterocycles. The second kappa shape index (κ2) is 6.27. The van der Waals surface area contributed by atoms with Crippen LogP contribution in [0.5, 0.6) is 5.75 Å². The van der Waals surface area contributed by atoms with E-state index in [1.807, 2.05) is 0 Å². The number of likely N-dealkylation sites (N-methyl/N-ethyl adjacent to an activating group) is 1. The number of ether oxygens (including phenoxy) is 1. The number of hydrogen-bond acceptors (Lipinski definition) is 5. The van der Waals surface area contributed by atoms with Crippen molar-refractivity contribution in [2.75, 3.05) is 25.5 Å². The summed E-state index contributed by atoms with van der Waals surface area (Å²) in [6.45, 7) is -1.20. The molecule has 9 heteroatoms. The van der Waals surface area contributed by atoms with Crippen LogP contribution in [0.2, 0.25) is 0 Å². The number of nitrogens with zero attached hydrogens (tertiary/aromatic N) is 1. The first kappa shape index (κ1) is 15.5. The Balaban J connectivity index is 2.10. The molecule has 1 amide bonds. The summed E-state index contributed by atoms with van der Waals surface area (Å²) in [7, 11) is 1.64. The Hall–Kier alpha value is -1.87. The fraction of sp³-hybridized carbons (Fsp3) is 0.333. The summed E-state index contributed by atoms with van der Waals surface area (Å²) in [5, 5.41) is 5.68. The lowest BCUT2D eigenvalue weighted by Gasteiger charge is -2.08. The Morgan fingerprint density at radius 1 is 1.43 bits per heavy atom. The first-order valence-electron chi connectivity index (χ1n) is 5.92. The molecule has 0 aliphatic carbocycles. The fourth-order valence-electron chi connectivity index (χ4n) is 1.54. The average Bonchev–Trinajstić information content (AvgIpc) is 2.76. The van der Waals surface area contributed by atoms with Crippen molar-refractivity contribution in [3.63, 3.8) is 0 Å². The van der Waals surface area contributed by atoms with E-state index in [4.69, 9.17) is 0 Å². The molecule has 0 fully saturated rings. The number of rotatable bonds is 5. The largest absolute Gasteiger partial charge is 0.484 e. The quantitative estimate of drug-likeness (QED) is 0.888. The van der Waals surface area contributed by atoms with Crippen LogP contribution in [0.4, 0.5) is 18.3 Å². The van der Waals surface area contributed by atoms with Crippen molar-refractivity contribution in [2.45, 2.75) is 6.18 Å². The van der Waals surface area contributed by atoms with E-state index < -0.39 is 12.8 Å². The second-order valence-corrected chi connectivity index (χ2v) is 5.16. The second-order valence-electron chi connectivity index (χ2n) is 4.13. The number of hydrogen-bond donors (Lipinski definition) is 2. The Labute approximate surface area is 122 Å². The summed E-state index contributed by atoms with van der Waals surface area (Å²) in [6.07, 6.45) is -4.38. The van der Waals surface area contributed by atoms with Gasteiger partial charge in [0.15, 0.2) is 11.7 Å². The highest BCUT2D eigenvalue weighted by molar-refractivity contribution is 7.22. The van der Waals surface area contributed by atoms with Gasteiger partial charge in [-0.15, -0.1) is 0 Å². The Morgan fingerprint density at radius 2 is 2.19 bits per heavy atom. The van der Waals surface area contributed by atoms with Gasteiger partial charge in [0, 0.05) is 0 Å². The van der Waals surface area contributed by atoms with Crippen molar-refractivity contribution < 1.29 is 22.7 Å². The third kappa shape index (κ3) is 4.57. The lowest BCUT2D eigenvalue weighted by Crippen LogP contribution is -2.24. The molecule has 1 aromatic heterocycles. The van der Waals surface area contributed by atoms with Crippen molar-refractivity contribution in [1.29, 1.82) is 0 Å². The molecule has 0 unspecified atom stereocenters. The minimum atomic E-state index is -4.38. The molecule has 0 radical (unpaired) electrons. The smallest absolute Gasteiger partial charge is 0.422 e. The zero-order valence-electron chi connectivity index (χ0n) is 11.0. The molecule has 21 heavy (non-hydrogen) atoms. The number of carbonyl (C=O) groups is 1. The molecule has 0 aliphatic heterocycles. The molecule has 0 saturated heterocycles. The normalized spacial score (nSPS) is 11.6. The first-order valence-corrected chi connectivity index (χ1v) is 6.73. The lowest BCUT2D eigenvalue weighted by molar-refractivity contribution is -0.153. The molecular weight excluding hydrogens is 307 g/mol. The Kier molecular flexibility index (Phi) is 4.63. The van der Waals surface area contributed by atoms with Crippen LogP contribution in [0, 0.1) is 0 Å². The van der Waals surface area contributed by atoms with Gasteiger partial charge < -0.3 is 15.4 Å². The van der Waals surface area contributed by atoms with Gasteiger partial charge in [0.1, 0.15) is 5.75 Å². The first-order chi connectivity index (χ1) is 9.87. The predicted octanol–water partition coefficient (Wildman–Crippen LogP) is 2.40. The topological polar surface area (TPSA) is 63.2 Å². The minimum absolute atomic E-state index is 0.108. The Morgan fingerprint density at radius 3 is 2.86 bits per heavy atom. The van der Waals surface area contributed by atoms with E-state index in [-0.39, 0.29) is 18.2 Å². The van der Waals surface area contributed by atoms with Crippen LogP contribution in [0.15, 0.2) is 18.2 Å². The van der Waals surface area contributed by atoms with E-state index in [1.54, 1.807) is 13.1 Å². The third-order valence-corrected chi connectivity index (χ3v) is 3.28. The number of carbonyl (C=O) groups excluding carboxylic acids is 1. The van der Waals surface area contributed by atoms with Gasteiger partial charge in [0.05, 0.1) is 16.8 Å². The third-order valence-electron chi connectivity index (χ3n) is 2.35. The molecule has 0 bridgehead atoms. The van der Waals surface area contributed by atoms with E-state index in [1.165, 1.54) is 23.5 Å². The summed E-state index contributed by atoms with van der Waals surface area (Å²) >= 11 is 1.17. The van der Waals surface area contributed by atoms with Gasteiger partial charge in [-0.2, -0.15) is 13.2 Å². The molecule has 0 atom stereocenters. The van der Waals surface area contributed by atoms with Crippen LogP contribution >= 0.6 is 11.3 Å². The van der Waals surface area contributed by atoms with E-state index in [0.29, 0.717) is 15.3 Å². The van der Waals surface area contributed by atoms with Crippen molar-refractivity contribution >= 4 is 32.6 Å². The summed E-state index contributed by atoms with van der Waals surface area (Å²) in [5.74, 6) is -0.137. The van der Waals surface area contributed by atoms with Gasteiger partial charge in [-0.25, -0.2) is 4.98 Å². The highest BCUT2D eigenvalue weighted by Crippen LogP contribution is 2.29. The minimum Gasteiger partial charge on any atom is -0.484 e. The number of benzene rings is 1. The zero-order chi connectivity index (χ0) is 15.5. The van der Waals surface area contributed by atoms with E-state index in [9.17, 15) is 18.0 Å². The fourth-order valence-corrected chi connectivity index (χ4v) is 2.45. The van der Waals surface area contributed by atoms with Crippen molar-refractivity contribution in [3.05, 3.63) is 18.2 Å². The zero-order valence-corrected chi connectivity index (χ0v) is 11.8. The molecule has 114 valence electrons. The van der Waals surface area contributed by atoms with Crippen molar-refractivity contribution in [1.82, 2.24) is 10.3 Å². The molecule has 2 aromatic rings. The molecule has 1 aromatic carbocycles. The van der Waals surface area contributed by atoms with Gasteiger partial charge in [0.25, 0.3) is 0 Å². The number of nitrogens with one attached hydrogen (secondary N) is 2. The van der Waals surface area contributed by atoms with Crippen molar-refractivity contribution in [2.24, 2.45) is 0 Å². The Bertz CT molecular complexity index is 642. The van der Waals surface area contributed by atoms with Gasteiger partial charge in [-0.1, -0.05) is 11.3 Å². The van der Waals surface area contributed by atoms with Crippen LogP contribution in [0.25, 0.3) is 10.2 Å². The van der Waals surface area contributed by atoms with Crippen LogP contribution in [-0.4, -0.2) is 37.3 Å². The van der Waals surface area contributed by atoms with E-state index in [2.05, 4.69) is 20.4 Å². The highest BCUT2D eigenvalue weighted by atomic mass is 32.1. The number of aromatic nitrogens is 1. The molecule has 2 N–H and O–H groups in total. The SMILES string of the molecule is CNCC(=O)Nc1nc2ccc(OCC(F)(F)F)cc2s1. The highest BCUT2D eigenvalue weighted by Gasteiger charge is 2.28. The van der Waals surface area contributed by atoms with Crippen LogP contribution in [0.3, 0.4) is 0 Å². The maximum atomic E-state index is 12.1. The summed E-state index contributed by atoms with van der Waals surface area (Å²) in [6, 6.07) is 4.42. The molecule has 2 rings (SSSR count). The maximum absolute atomic E-state index is 12.1. The number of anilines is 1. The number of thiazole rings is 1. The molecule has 5 nitrogen and oxygen atoms in total. The summed E-state index contributed by atoms with van der Waals surface area (Å²) in [4.78, 5) is 15.6. The van der Waals surface area contributed by atoms with E-state index in [0.717, 1.165) is 0 Å². The molecule has 0 spiro atoms. The number of halogens is 3. The molecular formula is C12H12F3N3O2S. The van der Waals surface area contributed by atoms with Crippen LogP contribution in [-0.2, 0) is 4.79 Å². The van der Waals surface area contributed by atoms with Crippen molar-refractivity contribution in [3.8, 4) is 5.75 Å². The van der Waals surface area contributed by atoms with E-state index >= 15 is 0 Å². The monoisotopic (exact) mass is 319 g/mol. The molecule has 0 saturated carbocycles. The molecule has 0 aliphatic rings. The predicted molar refractivity (Wildman–Crippen MR) is 73.7 cm³/mol. The van der Waals surface area contributed by atoms with Gasteiger partial charge in [-0.05, 0) is 25.2 Å². The average molecular weight is 319 g/mol. The number of fused-ring (bicyclic) bond motifs is 1. The summed E-state index contributed by atoms with van der Waals surface area (Å²) < 4.78 is 41.6. The maximum Gasteiger partial charge on any atom is 0.422 e. The van der Waals surface area contributed by atoms with Gasteiger partial charge >= 0.3 is 6.18 Å². The van der Waals surface area contributed by atoms with Gasteiger partial charge in [0.2, 0.25) is 5.91 Å². The van der Waals surface area contributed by atoms with Crippen LogP contribution in [0.1, 0.15) is 0 Å². The lowest BCUT2D eigenvalue weighted by atomic mass is 10.3. The van der Waals surface area contributed by atoms with Crippen LogP contribution < -0.4 is 15.4 Å². The number of amides is 1. The van der Waals surface area contributed by atoms with Gasteiger partial charge in [-0.3, -0.25) is 4.79 Å². The number of alkyl halides is 3. The summed E-state index contributed by atoms with van der Waals surface area (Å²) in [5.41, 5.74) is 0.583. The standard InChI is InChI=1S/C12H12F3N3O2S/c1-16-5-10(19)18-11-17-8-3-2-7(4-9(8)21-11)20-6-12(13,14)15/h2-4,16H,5-6H2,1H3,(H,17,18,19).